The Labute approximate surface area is 147 Å². The molecular formula is C21H21NO3. The maximum absolute atomic E-state index is 5.99. The molecule has 0 amide bonds. The van der Waals surface area contributed by atoms with Crippen LogP contribution in [0.1, 0.15) is 5.56 Å². The van der Waals surface area contributed by atoms with Gasteiger partial charge in [0.1, 0.15) is 18.5 Å². The number of methoxy groups -OCH3 is 1. The second-order valence-electron chi connectivity index (χ2n) is 6.10. The Kier molecular flexibility index (Phi) is 4.44. The number of hydrogen-bond donors (Lipinski definition) is 1. The summed E-state index contributed by atoms with van der Waals surface area (Å²) in [5.74, 6) is 2.54. The molecule has 1 atom stereocenters. The zero-order chi connectivity index (χ0) is 17.1. The molecule has 1 unspecified atom stereocenters. The molecule has 4 nitrogen and oxygen atoms in total. The molecule has 0 fully saturated rings. The quantitative estimate of drug-likeness (QED) is 0.770. The van der Waals surface area contributed by atoms with Crippen molar-refractivity contribution in [2.75, 3.05) is 20.3 Å². The summed E-state index contributed by atoms with van der Waals surface area (Å²) in [5.41, 5.74) is 1.24. The van der Waals surface area contributed by atoms with Gasteiger partial charge in [-0.3, -0.25) is 0 Å². The summed E-state index contributed by atoms with van der Waals surface area (Å²) in [7, 11) is 1.71. The molecule has 128 valence electrons. The Balaban J connectivity index is 1.42. The smallest absolute Gasteiger partial charge is 0.161 e. The summed E-state index contributed by atoms with van der Waals surface area (Å²) in [6.07, 6.45) is 0.0133. The van der Waals surface area contributed by atoms with Crippen molar-refractivity contribution >= 4 is 10.8 Å². The van der Waals surface area contributed by atoms with Gasteiger partial charge < -0.3 is 19.5 Å². The van der Waals surface area contributed by atoms with Crippen LogP contribution >= 0.6 is 0 Å². The van der Waals surface area contributed by atoms with E-state index in [2.05, 4.69) is 29.6 Å². The Morgan fingerprint density at radius 1 is 0.960 bits per heavy atom. The van der Waals surface area contributed by atoms with Crippen LogP contribution in [0.2, 0.25) is 0 Å². The van der Waals surface area contributed by atoms with E-state index in [1.54, 1.807) is 7.11 Å². The van der Waals surface area contributed by atoms with Gasteiger partial charge in [0.2, 0.25) is 0 Å². The summed E-state index contributed by atoms with van der Waals surface area (Å²) >= 11 is 0. The third kappa shape index (κ3) is 3.26. The Morgan fingerprint density at radius 3 is 2.56 bits per heavy atom. The van der Waals surface area contributed by atoms with Crippen LogP contribution in [0.4, 0.5) is 0 Å². The monoisotopic (exact) mass is 335 g/mol. The highest BCUT2D eigenvalue weighted by Gasteiger charge is 2.20. The topological polar surface area (TPSA) is 39.7 Å². The predicted octanol–water partition coefficient (Wildman–Crippen LogP) is 3.78. The van der Waals surface area contributed by atoms with Gasteiger partial charge in [0.15, 0.2) is 11.5 Å². The minimum absolute atomic E-state index is 0.0133. The van der Waals surface area contributed by atoms with E-state index in [4.69, 9.17) is 14.2 Å². The molecule has 0 aliphatic carbocycles. The zero-order valence-corrected chi connectivity index (χ0v) is 14.2. The molecule has 0 saturated heterocycles. The lowest BCUT2D eigenvalue weighted by atomic mass is 10.0. The Bertz CT molecular complexity index is 878. The van der Waals surface area contributed by atoms with Crippen LogP contribution in [0.25, 0.3) is 10.8 Å². The largest absolute Gasteiger partial charge is 0.496 e. The summed E-state index contributed by atoms with van der Waals surface area (Å²) in [6.45, 7) is 2.06. The second-order valence-corrected chi connectivity index (χ2v) is 6.10. The fraction of sp³-hybridized carbons (Fsp3) is 0.238. The first-order valence-electron chi connectivity index (χ1n) is 8.49. The summed E-state index contributed by atoms with van der Waals surface area (Å²) in [6, 6.07) is 20.2. The first-order chi connectivity index (χ1) is 12.3. The van der Waals surface area contributed by atoms with Crippen molar-refractivity contribution in [1.82, 2.24) is 5.32 Å². The molecule has 4 rings (SSSR count). The van der Waals surface area contributed by atoms with Gasteiger partial charge in [0.05, 0.1) is 7.11 Å². The van der Waals surface area contributed by atoms with Gasteiger partial charge in [-0.25, -0.2) is 0 Å². The second kappa shape index (κ2) is 7.03. The molecular weight excluding hydrogens is 314 g/mol. The summed E-state index contributed by atoms with van der Waals surface area (Å²) < 4.78 is 17.2. The summed E-state index contributed by atoms with van der Waals surface area (Å²) in [4.78, 5) is 0. The van der Waals surface area contributed by atoms with E-state index in [-0.39, 0.29) is 6.10 Å². The molecule has 1 aliphatic heterocycles. The van der Waals surface area contributed by atoms with Gasteiger partial charge in [0, 0.05) is 18.5 Å². The van der Waals surface area contributed by atoms with Crippen LogP contribution < -0.4 is 19.5 Å². The number of benzene rings is 3. The highest BCUT2D eigenvalue weighted by Crippen LogP contribution is 2.31. The Morgan fingerprint density at radius 2 is 1.72 bits per heavy atom. The number of rotatable bonds is 5. The molecule has 0 radical (unpaired) electrons. The minimum Gasteiger partial charge on any atom is -0.496 e. The molecule has 0 spiro atoms. The van der Waals surface area contributed by atoms with Crippen molar-refractivity contribution in [2.45, 2.75) is 12.6 Å². The molecule has 1 N–H and O–H groups in total. The van der Waals surface area contributed by atoms with Crippen LogP contribution in [0.5, 0.6) is 17.2 Å². The SMILES string of the molecule is COc1ccc(CNCC2COc3ccccc3O2)c2ccccc12. The minimum atomic E-state index is 0.0133. The first kappa shape index (κ1) is 15.8. The summed E-state index contributed by atoms with van der Waals surface area (Å²) in [5, 5.41) is 5.83. The molecule has 25 heavy (non-hydrogen) atoms. The van der Waals surface area contributed by atoms with E-state index < -0.39 is 0 Å². The van der Waals surface area contributed by atoms with Gasteiger partial charge in [-0.15, -0.1) is 0 Å². The number of ether oxygens (including phenoxy) is 3. The first-order valence-corrected chi connectivity index (χ1v) is 8.49. The highest BCUT2D eigenvalue weighted by molar-refractivity contribution is 5.91. The molecule has 1 heterocycles. The van der Waals surface area contributed by atoms with Crippen molar-refractivity contribution in [3.05, 3.63) is 66.2 Å². The molecule has 0 saturated carbocycles. The van der Waals surface area contributed by atoms with Crippen LogP contribution in [-0.2, 0) is 6.54 Å². The van der Waals surface area contributed by atoms with Gasteiger partial charge in [-0.05, 0) is 29.1 Å². The van der Waals surface area contributed by atoms with E-state index in [0.717, 1.165) is 35.7 Å². The fourth-order valence-corrected chi connectivity index (χ4v) is 3.20. The lowest BCUT2D eigenvalue weighted by molar-refractivity contribution is 0.0902. The molecule has 0 aromatic heterocycles. The van der Waals surface area contributed by atoms with Crippen LogP contribution in [0, 0.1) is 0 Å². The molecule has 3 aromatic rings. The average molecular weight is 335 g/mol. The third-order valence-corrected chi connectivity index (χ3v) is 4.45. The molecule has 3 aromatic carbocycles. The van der Waals surface area contributed by atoms with E-state index in [1.165, 1.54) is 10.9 Å². The lowest BCUT2D eigenvalue weighted by Crippen LogP contribution is -2.38. The maximum Gasteiger partial charge on any atom is 0.161 e. The third-order valence-electron chi connectivity index (χ3n) is 4.45. The number of hydrogen-bond acceptors (Lipinski definition) is 4. The lowest BCUT2D eigenvalue weighted by Gasteiger charge is -2.26. The molecule has 1 aliphatic rings. The van der Waals surface area contributed by atoms with Crippen molar-refractivity contribution < 1.29 is 14.2 Å². The van der Waals surface area contributed by atoms with Crippen molar-refractivity contribution in [1.29, 1.82) is 0 Å². The fourth-order valence-electron chi connectivity index (χ4n) is 3.20. The van der Waals surface area contributed by atoms with Crippen molar-refractivity contribution in [3.63, 3.8) is 0 Å². The number of fused-ring (bicyclic) bond motifs is 2. The number of nitrogens with one attached hydrogen (secondary N) is 1. The zero-order valence-electron chi connectivity index (χ0n) is 14.2. The van der Waals surface area contributed by atoms with Gasteiger partial charge in [-0.1, -0.05) is 42.5 Å². The Hall–Kier alpha value is -2.72. The van der Waals surface area contributed by atoms with E-state index >= 15 is 0 Å². The standard InChI is InChI=1S/C21H21NO3/c1-23-19-11-10-15(17-6-2-3-7-18(17)19)12-22-13-16-14-24-20-8-4-5-9-21(20)25-16/h2-11,16,22H,12-14H2,1H3. The maximum atomic E-state index is 5.99. The number of para-hydroxylation sites is 2. The normalized spacial score (nSPS) is 16.0. The predicted molar refractivity (Wildman–Crippen MR) is 98.6 cm³/mol. The van der Waals surface area contributed by atoms with Crippen molar-refractivity contribution in [2.24, 2.45) is 0 Å². The van der Waals surface area contributed by atoms with E-state index in [0.29, 0.717) is 6.61 Å². The van der Waals surface area contributed by atoms with Crippen LogP contribution in [0.3, 0.4) is 0 Å². The average Bonchev–Trinajstić information content (AvgIpc) is 2.68. The van der Waals surface area contributed by atoms with E-state index in [1.807, 2.05) is 36.4 Å². The van der Waals surface area contributed by atoms with E-state index in [9.17, 15) is 0 Å². The molecule has 4 heteroatoms. The van der Waals surface area contributed by atoms with Gasteiger partial charge in [0.25, 0.3) is 0 Å². The van der Waals surface area contributed by atoms with Gasteiger partial charge in [-0.2, -0.15) is 0 Å². The van der Waals surface area contributed by atoms with Crippen LogP contribution in [-0.4, -0.2) is 26.4 Å². The molecule has 0 bridgehead atoms. The van der Waals surface area contributed by atoms with Gasteiger partial charge >= 0.3 is 0 Å². The van der Waals surface area contributed by atoms with Crippen LogP contribution in [0.15, 0.2) is 60.7 Å². The highest BCUT2D eigenvalue weighted by atomic mass is 16.6. The van der Waals surface area contributed by atoms with Crippen molar-refractivity contribution in [3.8, 4) is 17.2 Å².